The summed E-state index contributed by atoms with van der Waals surface area (Å²) in [5.41, 5.74) is 0. The second-order valence-corrected chi connectivity index (χ2v) is 3.46. The molecule has 0 spiro atoms. The molecule has 0 radical (unpaired) electrons. The molecule has 0 bridgehead atoms. The zero-order chi connectivity index (χ0) is 12.8. The molecule has 0 N–H and O–H groups in total. The van der Waals surface area contributed by atoms with Crippen molar-refractivity contribution in [1.29, 1.82) is 0 Å². The van der Waals surface area contributed by atoms with E-state index in [1.54, 1.807) is 6.92 Å². The maximum atomic E-state index is 10.9. The van der Waals surface area contributed by atoms with Gasteiger partial charge in [-0.25, -0.2) is 0 Å². The van der Waals surface area contributed by atoms with Gasteiger partial charge in [-0.2, -0.15) is 0 Å². The minimum absolute atomic E-state index is 0.233. The lowest BCUT2D eigenvalue weighted by molar-refractivity contribution is -0.144. The number of hydrogen-bond donors (Lipinski definition) is 0. The Balaban J connectivity index is 3.01. The quantitative estimate of drug-likeness (QED) is 0.303. The van der Waals surface area contributed by atoms with Crippen molar-refractivity contribution >= 4 is 17.6 Å². The Kier molecular flexibility index (Phi) is 13.4. The van der Waals surface area contributed by atoms with Crippen LogP contribution in [0.1, 0.15) is 13.3 Å². The third-order valence-electron chi connectivity index (χ3n) is 1.72. The molecule has 0 aliphatic heterocycles. The largest absolute Gasteiger partial charge is 0.466 e. The summed E-state index contributed by atoms with van der Waals surface area (Å²) in [7, 11) is 0. The average molecular weight is 269 g/mol. The zero-order valence-corrected chi connectivity index (χ0v) is 11.0. The van der Waals surface area contributed by atoms with Crippen molar-refractivity contribution < 1.29 is 23.7 Å². The molecule has 0 aliphatic carbocycles. The van der Waals surface area contributed by atoms with Crippen LogP contribution in [0.4, 0.5) is 0 Å². The Morgan fingerprint density at radius 2 is 1.47 bits per heavy atom. The van der Waals surface area contributed by atoms with Crippen LogP contribution in [0.5, 0.6) is 0 Å². The van der Waals surface area contributed by atoms with Crippen molar-refractivity contribution in [2.45, 2.75) is 13.3 Å². The van der Waals surface area contributed by atoms with E-state index in [2.05, 4.69) is 0 Å². The molecule has 0 aliphatic rings. The summed E-state index contributed by atoms with van der Waals surface area (Å²) in [5.74, 6) is 0.264. The summed E-state index contributed by atoms with van der Waals surface area (Å²) >= 11 is 5.42. The fraction of sp³-hybridized carbons (Fsp3) is 0.909. The average Bonchev–Trinajstić information content (AvgIpc) is 2.32. The number of ether oxygens (including phenoxy) is 4. The first kappa shape index (κ1) is 16.6. The number of carbonyl (C=O) groups excluding carboxylic acids is 1. The molecular weight excluding hydrogens is 248 g/mol. The number of alkyl halides is 1. The van der Waals surface area contributed by atoms with Gasteiger partial charge in [0.2, 0.25) is 0 Å². The third-order valence-corrected chi connectivity index (χ3v) is 1.88. The normalized spacial score (nSPS) is 10.5. The van der Waals surface area contributed by atoms with E-state index in [1.807, 2.05) is 0 Å². The molecule has 0 saturated carbocycles. The lowest BCUT2D eigenvalue weighted by Gasteiger charge is -2.06. The van der Waals surface area contributed by atoms with Crippen LogP contribution in [0.2, 0.25) is 0 Å². The molecule has 0 unspecified atom stereocenters. The lowest BCUT2D eigenvalue weighted by Crippen LogP contribution is -2.12. The monoisotopic (exact) mass is 268 g/mol. The fourth-order valence-corrected chi connectivity index (χ4v) is 1.09. The first-order valence-corrected chi connectivity index (χ1v) is 6.29. The van der Waals surface area contributed by atoms with Crippen molar-refractivity contribution in [1.82, 2.24) is 0 Å². The predicted octanol–water partition coefficient (Wildman–Crippen LogP) is 1.23. The summed E-state index contributed by atoms with van der Waals surface area (Å²) in [6.07, 6.45) is 0.284. The number of halogens is 1. The van der Waals surface area contributed by atoms with Crippen LogP contribution in [-0.2, 0) is 23.7 Å². The molecule has 0 heterocycles. The van der Waals surface area contributed by atoms with Crippen LogP contribution in [0.25, 0.3) is 0 Å². The van der Waals surface area contributed by atoms with E-state index in [1.165, 1.54) is 0 Å². The van der Waals surface area contributed by atoms with Gasteiger partial charge in [0, 0.05) is 5.88 Å². The molecule has 0 aromatic rings. The molecule has 0 amide bonds. The van der Waals surface area contributed by atoms with Gasteiger partial charge in [-0.15, -0.1) is 11.6 Å². The van der Waals surface area contributed by atoms with E-state index < -0.39 is 0 Å². The Hall–Kier alpha value is -0.360. The topological polar surface area (TPSA) is 54.0 Å². The van der Waals surface area contributed by atoms with E-state index in [9.17, 15) is 4.79 Å². The van der Waals surface area contributed by atoms with Gasteiger partial charge in [-0.3, -0.25) is 4.79 Å². The minimum atomic E-state index is -0.233. The minimum Gasteiger partial charge on any atom is -0.466 e. The second-order valence-electron chi connectivity index (χ2n) is 3.08. The second kappa shape index (κ2) is 13.7. The fourth-order valence-electron chi connectivity index (χ4n) is 0.985. The van der Waals surface area contributed by atoms with Gasteiger partial charge in [-0.1, -0.05) is 0 Å². The smallest absolute Gasteiger partial charge is 0.308 e. The van der Waals surface area contributed by atoms with Crippen LogP contribution in [0.15, 0.2) is 0 Å². The molecule has 102 valence electrons. The molecule has 17 heavy (non-hydrogen) atoms. The molecular formula is C11H21ClO5. The Bertz CT molecular complexity index is 177. The van der Waals surface area contributed by atoms with E-state index >= 15 is 0 Å². The van der Waals surface area contributed by atoms with Crippen molar-refractivity contribution in [2.24, 2.45) is 0 Å². The summed E-state index contributed by atoms with van der Waals surface area (Å²) < 4.78 is 20.3. The van der Waals surface area contributed by atoms with Crippen LogP contribution in [0, 0.1) is 0 Å². The lowest BCUT2D eigenvalue weighted by atomic mass is 10.5. The number of carbonyl (C=O) groups is 1. The van der Waals surface area contributed by atoms with E-state index in [0.29, 0.717) is 52.1 Å². The van der Waals surface area contributed by atoms with Gasteiger partial charge in [0.1, 0.15) is 0 Å². The Labute approximate surface area is 107 Å². The highest BCUT2D eigenvalue weighted by Gasteiger charge is 2.00. The third kappa shape index (κ3) is 13.6. The Morgan fingerprint density at radius 1 is 0.941 bits per heavy atom. The summed E-state index contributed by atoms with van der Waals surface area (Å²) in [6, 6.07) is 0. The van der Waals surface area contributed by atoms with Crippen LogP contribution >= 0.6 is 11.6 Å². The van der Waals surface area contributed by atoms with Gasteiger partial charge in [0.15, 0.2) is 0 Å². The molecule has 0 fully saturated rings. The molecule has 5 nitrogen and oxygen atoms in total. The van der Waals surface area contributed by atoms with Gasteiger partial charge < -0.3 is 18.9 Å². The van der Waals surface area contributed by atoms with Crippen LogP contribution in [0.3, 0.4) is 0 Å². The summed E-state index contributed by atoms with van der Waals surface area (Å²) in [5, 5.41) is 0. The van der Waals surface area contributed by atoms with Crippen molar-refractivity contribution in [3.63, 3.8) is 0 Å². The molecule has 0 saturated heterocycles. The highest BCUT2D eigenvalue weighted by Crippen LogP contribution is 1.88. The maximum Gasteiger partial charge on any atom is 0.308 e. The number of hydrogen-bond acceptors (Lipinski definition) is 5. The predicted molar refractivity (Wildman–Crippen MR) is 64.4 cm³/mol. The van der Waals surface area contributed by atoms with E-state index in [4.69, 9.17) is 30.5 Å². The van der Waals surface area contributed by atoms with Crippen molar-refractivity contribution in [2.75, 3.05) is 52.1 Å². The van der Waals surface area contributed by atoms with Gasteiger partial charge in [0.25, 0.3) is 0 Å². The first-order chi connectivity index (χ1) is 8.31. The van der Waals surface area contributed by atoms with Crippen molar-refractivity contribution in [3.8, 4) is 0 Å². The zero-order valence-electron chi connectivity index (χ0n) is 10.3. The van der Waals surface area contributed by atoms with Crippen LogP contribution in [-0.4, -0.2) is 58.1 Å². The first-order valence-electron chi connectivity index (χ1n) is 5.76. The van der Waals surface area contributed by atoms with E-state index in [-0.39, 0.29) is 12.4 Å². The van der Waals surface area contributed by atoms with Crippen LogP contribution < -0.4 is 0 Å². The molecule has 0 aromatic heterocycles. The SMILES string of the molecule is CCOC(=O)CCOCCOCCOCCCl. The summed E-state index contributed by atoms with van der Waals surface area (Å²) in [6.45, 7) is 5.12. The molecule has 6 heteroatoms. The molecule has 0 rings (SSSR count). The molecule has 0 atom stereocenters. The van der Waals surface area contributed by atoms with Crippen molar-refractivity contribution in [3.05, 3.63) is 0 Å². The standard InChI is InChI=1S/C11H21ClO5/c1-2-17-11(13)3-5-14-7-9-16-10-8-15-6-4-12/h2-10H2,1H3. The van der Waals surface area contributed by atoms with Gasteiger partial charge >= 0.3 is 5.97 Å². The number of esters is 1. The maximum absolute atomic E-state index is 10.9. The highest BCUT2D eigenvalue weighted by molar-refractivity contribution is 6.17. The summed E-state index contributed by atoms with van der Waals surface area (Å²) in [4.78, 5) is 10.9. The molecule has 0 aromatic carbocycles. The number of rotatable bonds is 12. The Morgan fingerprint density at radius 3 is 2.00 bits per heavy atom. The highest BCUT2D eigenvalue weighted by atomic mass is 35.5. The van der Waals surface area contributed by atoms with Gasteiger partial charge in [0.05, 0.1) is 52.7 Å². The van der Waals surface area contributed by atoms with Gasteiger partial charge in [-0.05, 0) is 6.92 Å². The van der Waals surface area contributed by atoms with E-state index in [0.717, 1.165) is 0 Å².